The van der Waals surface area contributed by atoms with E-state index in [0.717, 1.165) is 5.56 Å². The van der Waals surface area contributed by atoms with Crippen LogP contribution in [0.2, 0.25) is 0 Å². The second-order valence-electron chi connectivity index (χ2n) is 3.98. The van der Waals surface area contributed by atoms with E-state index in [1.807, 2.05) is 0 Å². The summed E-state index contributed by atoms with van der Waals surface area (Å²) < 4.78 is 4.55. The maximum Gasteiger partial charge on any atom is 0.337 e. The van der Waals surface area contributed by atoms with Gasteiger partial charge in [-0.1, -0.05) is 34.1 Å². The van der Waals surface area contributed by atoms with Crippen LogP contribution < -0.4 is 0 Å². The Kier molecular flexibility index (Phi) is 5.98. The number of alkyl halides is 1. The van der Waals surface area contributed by atoms with Crippen LogP contribution in [0.15, 0.2) is 18.2 Å². The highest BCUT2D eigenvalue weighted by molar-refractivity contribution is 9.08. The minimum absolute atomic E-state index is 0.140. The summed E-state index contributed by atoms with van der Waals surface area (Å²) >= 11 is 3.31. The molecular formula is C13H15BrO5. The summed E-state index contributed by atoms with van der Waals surface area (Å²) in [6, 6.07) is 5.08. The summed E-state index contributed by atoms with van der Waals surface area (Å²) in [6.07, 6.45) is -1.12. The predicted molar refractivity (Wildman–Crippen MR) is 72.0 cm³/mol. The number of carbonyl (C=O) groups excluding carboxylic acids is 1. The zero-order valence-electron chi connectivity index (χ0n) is 10.4. The van der Waals surface area contributed by atoms with Gasteiger partial charge in [0.25, 0.3) is 0 Å². The number of carboxylic acid groups (broad SMARTS) is 1. The van der Waals surface area contributed by atoms with Crippen molar-refractivity contribution in [3.8, 4) is 0 Å². The van der Waals surface area contributed by atoms with Crippen molar-refractivity contribution in [2.45, 2.75) is 24.3 Å². The fourth-order valence-corrected chi connectivity index (χ4v) is 2.05. The first-order valence-electron chi connectivity index (χ1n) is 5.65. The number of hydrogen-bond acceptors (Lipinski definition) is 4. The molecule has 5 nitrogen and oxygen atoms in total. The van der Waals surface area contributed by atoms with E-state index in [-0.39, 0.29) is 12.4 Å². The van der Waals surface area contributed by atoms with Crippen molar-refractivity contribution in [3.63, 3.8) is 0 Å². The zero-order chi connectivity index (χ0) is 14.4. The molecule has 0 aliphatic heterocycles. The van der Waals surface area contributed by atoms with Crippen molar-refractivity contribution in [1.82, 2.24) is 0 Å². The number of esters is 1. The third kappa shape index (κ3) is 4.33. The summed E-state index contributed by atoms with van der Waals surface area (Å²) in [5.74, 6) is -1.69. The fourth-order valence-electron chi connectivity index (χ4n) is 1.70. The molecule has 0 saturated heterocycles. The van der Waals surface area contributed by atoms with Crippen molar-refractivity contribution in [1.29, 1.82) is 0 Å². The highest BCUT2D eigenvalue weighted by Gasteiger charge is 2.20. The van der Waals surface area contributed by atoms with Crippen LogP contribution in [0.25, 0.3) is 0 Å². The standard InChI is InChI=1S/C13H15BrO5/c1-19-11(15)5-3-9-6-8(7-14)2-4-10(9)12(16)13(17)18/h2,4,6,12,16H,3,5,7H2,1H3,(H,17,18). The monoisotopic (exact) mass is 330 g/mol. The summed E-state index contributed by atoms with van der Waals surface area (Å²) in [5, 5.41) is 19.1. The number of aryl methyl sites for hydroxylation is 1. The van der Waals surface area contributed by atoms with Gasteiger partial charge < -0.3 is 14.9 Å². The van der Waals surface area contributed by atoms with Gasteiger partial charge in [-0.15, -0.1) is 0 Å². The molecule has 2 N–H and O–H groups in total. The first kappa shape index (κ1) is 15.7. The molecular weight excluding hydrogens is 316 g/mol. The van der Waals surface area contributed by atoms with Crippen molar-refractivity contribution in [3.05, 3.63) is 34.9 Å². The van der Waals surface area contributed by atoms with Crippen molar-refractivity contribution < 1.29 is 24.5 Å². The lowest BCUT2D eigenvalue weighted by atomic mass is 9.96. The van der Waals surface area contributed by atoms with E-state index in [1.54, 1.807) is 18.2 Å². The Morgan fingerprint density at radius 2 is 2.11 bits per heavy atom. The lowest BCUT2D eigenvalue weighted by Gasteiger charge is -2.13. The van der Waals surface area contributed by atoms with Gasteiger partial charge in [0.05, 0.1) is 7.11 Å². The molecule has 0 amide bonds. The summed E-state index contributed by atoms with van der Waals surface area (Å²) in [7, 11) is 1.30. The molecule has 0 aromatic heterocycles. The smallest absolute Gasteiger partial charge is 0.337 e. The van der Waals surface area contributed by atoms with E-state index < -0.39 is 12.1 Å². The molecule has 0 heterocycles. The Morgan fingerprint density at radius 3 is 2.63 bits per heavy atom. The number of methoxy groups -OCH3 is 1. The number of aliphatic hydroxyl groups is 1. The number of rotatable bonds is 6. The normalized spacial score (nSPS) is 11.9. The fraction of sp³-hybridized carbons (Fsp3) is 0.385. The molecule has 0 bridgehead atoms. The number of carboxylic acids is 1. The van der Waals surface area contributed by atoms with E-state index >= 15 is 0 Å². The van der Waals surface area contributed by atoms with E-state index in [1.165, 1.54) is 7.11 Å². The van der Waals surface area contributed by atoms with Crippen LogP contribution in [0.3, 0.4) is 0 Å². The van der Waals surface area contributed by atoms with Gasteiger partial charge in [-0.2, -0.15) is 0 Å². The zero-order valence-corrected chi connectivity index (χ0v) is 12.0. The van der Waals surface area contributed by atoms with E-state index in [0.29, 0.717) is 22.9 Å². The Bertz CT molecular complexity index is 472. The Hall–Kier alpha value is -1.40. The van der Waals surface area contributed by atoms with E-state index in [4.69, 9.17) is 5.11 Å². The first-order valence-corrected chi connectivity index (χ1v) is 6.77. The number of halogens is 1. The minimum atomic E-state index is -1.59. The van der Waals surface area contributed by atoms with Crippen LogP contribution in [-0.2, 0) is 26.1 Å². The second-order valence-corrected chi connectivity index (χ2v) is 4.54. The lowest BCUT2D eigenvalue weighted by molar-refractivity contribution is -0.147. The Morgan fingerprint density at radius 1 is 1.42 bits per heavy atom. The molecule has 0 aliphatic rings. The SMILES string of the molecule is COC(=O)CCc1cc(CBr)ccc1C(O)C(=O)O. The van der Waals surface area contributed by atoms with Gasteiger partial charge >= 0.3 is 11.9 Å². The van der Waals surface area contributed by atoms with Crippen molar-refractivity contribution >= 4 is 27.9 Å². The Labute approximate surface area is 119 Å². The number of hydrogen-bond donors (Lipinski definition) is 2. The molecule has 0 aliphatic carbocycles. The van der Waals surface area contributed by atoms with Crippen LogP contribution >= 0.6 is 15.9 Å². The number of benzene rings is 1. The molecule has 0 fully saturated rings. The highest BCUT2D eigenvalue weighted by Crippen LogP contribution is 2.22. The number of ether oxygens (including phenoxy) is 1. The topological polar surface area (TPSA) is 83.8 Å². The van der Waals surface area contributed by atoms with Crippen LogP contribution in [0.4, 0.5) is 0 Å². The molecule has 0 spiro atoms. The highest BCUT2D eigenvalue weighted by atomic mass is 79.9. The van der Waals surface area contributed by atoms with Gasteiger partial charge in [-0.3, -0.25) is 4.79 Å². The molecule has 1 unspecified atom stereocenters. The maximum atomic E-state index is 11.1. The summed E-state index contributed by atoms with van der Waals surface area (Å²) in [4.78, 5) is 22.0. The number of aliphatic hydroxyl groups excluding tert-OH is 1. The van der Waals surface area contributed by atoms with Gasteiger partial charge in [-0.05, 0) is 23.1 Å². The van der Waals surface area contributed by atoms with Crippen molar-refractivity contribution in [2.75, 3.05) is 7.11 Å². The van der Waals surface area contributed by atoms with E-state index in [2.05, 4.69) is 20.7 Å². The molecule has 1 aromatic carbocycles. The van der Waals surface area contributed by atoms with Crippen LogP contribution in [0.1, 0.15) is 29.2 Å². The molecule has 1 rings (SSSR count). The molecule has 1 aromatic rings. The van der Waals surface area contributed by atoms with Gasteiger partial charge in [0.1, 0.15) is 0 Å². The second kappa shape index (κ2) is 7.25. The average Bonchev–Trinajstić information content (AvgIpc) is 2.43. The van der Waals surface area contributed by atoms with Gasteiger partial charge in [0.2, 0.25) is 0 Å². The van der Waals surface area contributed by atoms with Crippen LogP contribution in [0.5, 0.6) is 0 Å². The molecule has 6 heteroatoms. The molecule has 0 radical (unpaired) electrons. The number of aliphatic carboxylic acids is 1. The quantitative estimate of drug-likeness (QED) is 0.613. The molecule has 19 heavy (non-hydrogen) atoms. The van der Waals surface area contributed by atoms with E-state index in [9.17, 15) is 14.7 Å². The van der Waals surface area contributed by atoms with Crippen molar-refractivity contribution in [2.24, 2.45) is 0 Å². The van der Waals surface area contributed by atoms with Crippen LogP contribution in [0, 0.1) is 0 Å². The molecule has 104 valence electrons. The third-order valence-electron chi connectivity index (χ3n) is 2.72. The predicted octanol–water partition coefficient (Wildman–Crippen LogP) is 1.81. The molecule has 1 atom stereocenters. The third-order valence-corrected chi connectivity index (χ3v) is 3.36. The van der Waals surface area contributed by atoms with Gasteiger partial charge in [0, 0.05) is 11.8 Å². The largest absolute Gasteiger partial charge is 0.479 e. The van der Waals surface area contributed by atoms with Gasteiger partial charge in [-0.25, -0.2) is 4.79 Å². The minimum Gasteiger partial charge on any atom is -0.479 e. The average molecular weight is 331 g/mol. The lowest BCUT2D eigenvalue weighted by Crippen LogP contribution is -2.14. The van der Waals surface area contributed by atoms with Crippen LogP contribution in [-0.4, -0.2) is 29.3 Å². The first-order chi connectivity index (χ1) is 8.99. The summed E-state index contributed by atoms with van der Waals surface area (Å²) in [6.45, 7) is 0. The Balaban J connectivity index is 3.02. The molecule has 0 saturated carbocycles. The van der Waals surface area contributed by atoms with Gasteiger partial charge in [0.15, 0.2) is 6.10 Å². The number of carbonyl (C=O) groups is 2. The maximum absolute atomic E-state index is 11.1. The summed E-state index contributed by atoms with van der Waals surface area (Å²) in [5.41, 5.74) is 1.89.